The van der Waals surface area contributed by atoms with E-state index in [9.17, 15) is 4.79 Å². The summed E-state index contributed by atoms with van der Waals surface area (Å²) in [5.74, 6) is 1.66. The average molecular weight is 347 g/mol. The standard InChI is InChI=1S/C17H21N3O5/c1-11-8-20(9-17(24-11)4-6-22-10-17)16(21)18-15-7-14(25-19-15)13-3-5-23-12(13)2/h3,5,7,11H,4,6,8-10H2,1-2H3,(H,18,19,21)/t11-,17-/m0/s1. The number of hydrogen-bond donors (Lipinski definition) is 1. The molecule has 1 N–H and O–H groups in total. The van der Waals surface area contributed by atoms with Crippen LogP contribution in [-0.4, -0.2) is 54.1 Å². The molecule has 134 valence electrons. The average Bonchev–Trinajstić information content (AvgIpc) is 3.29. The first-order valence-corrected chi connectivity index (χ1v) is 8.37. The molecule has 0 aromatic carbocycles. The SMILES string of the molecule is Cc1occc1-c1cc(NC(=O)N2C[C@H](C)O[C@@]3(CCOC3)C2)no1. The quantitative estimate of drug-likeness (QED) is 0.898. The van der Waals surface area contributed by atoms with Crippen LogP contribution in [0.25, 0.3) is 11.3 Å². The Morgan fingerprint density at radius 1 is 1.48 bits per heavy atom. The second-order valence-corrected chi connectivity index (χ2v) is 6.69. The van der Waals surface area contributed by atoms with Crippen LogP contribution in [-0.2, 0) is 9.47 Å². The van der Waals surface area contributed by atoms with E-state index in [1.807, 2.05) is 13.8 Å². The summed E-state index contributed by atoms with van der Waals surface area (Å²) in [6, 6.07) is 3.27. The lowest BCUT2D eigenvalue weighted by Crippen LogP contribution is -2.57. The molecule has 0 unspecified atom stereocenters. The topological polar surface area (TPSA) is 90.0 Å². The largest absolute Gasteiger partial charge is 0.469 e. The van der Waals surface area contributed by atoms with Crippen molar-refractivity contribution in [3.63, 3.8) is 0 Å². The smallest absolute Gasteiger partial charge is 0.323 e. The molecule has 8 heteroatoms. The number of rotatable bonds is 2. The maximum atomic E-state index is 12.6. The number of nitrogens with zero attached hydrogens (tertiary/aromatic N) is 2. The molecule has 2 amide bonds. The van der Waals surface area contributed by atoms with Gasteiger partial charge in [-0.3, -0.25) is 5.32 Å². The van der Waals surface area contributed by atoms with Gasteiger partial charge in [-0.1, -0.05) is 5.16 Å². The van der Waals surface area contributed by atoms with Gasteiger partial charge >= 0.3 is 6.03 Å². The summed E-state index contributed by atoms with van der Waals surface area (Å²) >= 11 is 0. The number of carbonyl (C=O) groups is 1. The molecule has 25 heavy (non-hydrogen) atoms. The number of furan rings is 1. The highest BCUT2D eigenvalue weighted by Crippen LogP contribution is 2.31. The number of hydrogen-bond acceptors (Lipinski definition) is 6. The fourth-order valence-electron chi connectivity index (χ4n) is 3.48. The molecule has 0 saturated carbocycles. The van der Waals surface area contributed by atoms with E-state index in [0.717, 1.165) is 17.7 Å². The normalized spacial score (nSPS) is 26.3. The van der Waals surface area contributed by atoms with Gasteiger partial charge in [0.05, 0.1) is 31.1 Å². The zero-order chi connectivity index (χ0) is 17.4. The molecule has 2 fully saturated rings. The maximum Gasteiger partial charge on any atom is 0.323 e. The third-order valence-corrected chi connectivity index (χ3v) is 4.63. The van der Waals surface area contributed by atoms with Gasteiger partial charge in [-0.2, -0.15) is 0 Å². The Morgan fingerprint density at radius 3 is 3.08 bits per heavy atom. The third kappa shape index (κ3) is 3.14. The van der Waals surface area contributed by atoms with Gasteiger partial charge in [-0.25, -0.2) is 4.79 Å². The number of aryl methyl sites for hydroxylation is 1. The van der Waals surface area contributed by atoms with E-state index in [1.54, 1.807) is 23.3 Å². The van der Waals surface area contributed by atoms with Crippen molar-refractivity contribution in [2.45, 2.75) is 32.0 Å². The van der Waals surface area contributed by atoms with E-state index in [2.05, 4.69) is 10.5 Å². The molecular formula is C17H21N3O5. The van der Waals surface area contributed by atoms with Gasteiger partial charge in [0.2, 0.25) is 0 Å². The van der Waals surface area contributed by atoms with Gasteiger partial charge in [-0.15, -0.1) is 0 Å². The number of morpholine rings is 1. The van der Waals surface area contributed by atoms with Gasteiger partial charge in [-0.05, 0) is 19.9 Å². The van der Waals surface area contributed by atoms with Crippen LogP contribution in [0.1, 0.15) is 19.1 Å². The Hall–Kier alpha value is -2.32. The van der Waals surface area contributed by atoms with Crippen LogP contribution < -0.4 is 5.32 Å². The van der Waals surface area contributed by atoms with Gasteiger partial charge < -0.3 is 23.3 Å². The molecule has 2 aromatic heterocycles. The first kappa shape index (κ1) is 16.2. The number of carbonyl (C=O) groups excluding carboxylic acids is 1. The number of amides is 2. The van der Waals surface area contributed by atoms with Gasteiger partial charge in [0.1, 0.15) is 11.4 Å². The lowest BCUT2D eigenvalue weighted by molar-refractivity contribution is -0.136. The molecule has 1 spiro atoms. The van der Waals surface area contributed by atoms with Gasteiger partial charge in [0, 0.05) is 25.6 Å². The second-order valence-electron chi connectivity index (χ2n) is 6.69. The summed E-state index contributed by atoms with van der Waals surface area (Å²) in [5.41, 5.74) is 0.424. The minimum absolute atomic E-state index is 0.0392. The Bertz CT molecular complexity index is 762. The molecule has 0 aliphatic carbocycles. The van der Waals surface area contributed by atoms with Crippen LogP contribution in [0.3, 0.4) is 0 Å². The highest BCUT2D eigenvalue weighted by atomic mass is 16.6. The summed E-state index contributed by atoms with van der Waals surface area (Å²) in [6.07, 6.45) is 2.35. The van der Waals surface area contributed by atoms with Crippen LogP contribution in [0, 0.1) is 6.92 Å². The van der Waals surface area contributed by atoms with Crippen LogP contribution in [0.5, 0.6) is 0 Å². The van der Waals surface area contributed by atoms with Crippen molar-refractivity contribution in [1.29, 1.82) is 0 Å². The summed E-state index contributed by atoms with van der Waals surface area (Å²) in [6.45, 7) is 6.03. The van der Waals surface area contributed by atoms with Crippen LogP contribution in [0.15, 0.2) is 27.3 Å². The van der Waals surface area contributed by atoms with E-state index in [-0.39, 0.29) is 12.1 Å². The predicted octanol–water partition coefficient (Wildman–Crippen LogP) is 2.65. The fourth-order valence-corrected chi connectivity index (χ4v) is 3.48. The first-order chi connectivity index (χ1) is 12.0. The Kier molecular flexibility index (Phi) is 4.01. The van der Waals surface area contributed by atoms with Crippen molar-refractivity contribution in [2.75, 3.05) is 31.6 Å². The van der Waals surface area contributed by atoms with Crippen molar-refractivity contribution < 1.29 is 23.2 Å². The van der Waals surface area contributed by atoms with Crippen molar-refractivity contribution in [2.24, 2.45) is 0 Å². The monoisotopic (exact) mass is 347 g/mol. The zero-order valence-corrected chi connectivity index (χ0v) is 14.3. The Labute approximate surface area is 145 Å². The van der Waals surface area contributed by atoms with Crippen molar-refractivity contribution >= 4 is 11.8 Å². The number of urea groups is 1. The fraction of sp³-hybridized carbons (Fsp3) is 0.529. The highest BCUT2D eigenvalue weighted by molar-refractivity contribution is 5.89. The summed E-state index contributed by atoms with van der Waals surface area (Å²) < 4.78 is 22.1. The molecule has 0 bridgehead atoms. The molecule has 2 aromatic rings. The maximum absolute atomic E-state index is 12.6. The Morgan fingerprint density at radius 2 is 2.36 bits per heavy atom. The first-order valence-electron chi connectivity index (χ1n) is 8.37. The third-order valence-electron chi connectivity index (χ3n) is 4.63. The minimum Gasteiger partial charge on any atom is -0.469 e. The molecule has 0 radical (unpaired) electrons. The molecule has 4 rings (SSSR count). The molecule has 8 nitrogen and oxygen atoms in total. The van der Waals surface area contributed by atoms with Crippen molar-refractivity contribution in [3.05, 3.63) is 24.2 Å². The molecule has 2 atom stereocenters. The van der Waals surface area contributed by atoms with Crippen LogP contribution in [0.4, 0.5) is 10.6 Å². The lowest BCUT2D eigenvalue weighted by atomic mass is 9.99. The van der Waals surface area contributed by atoms with Gasteiger partial charge in [0.25, 0.3) is 0 Å². The highest BCUT2D eigenvalue weighted by Gasteiger charge is 2.44. The van der Waals surface area contributed by atoms with E-state index in [0.29, 0.717) is 37.9 Å². The zero-order valence-electron chi connectivity index (χ0n) is 14.3. The van der Waals surface area contributed by atoms with Crippen LogP contribution >= 0.6 is 0 Å². The van der Waals surface area contributed by atoms with Crippen LogP contribution in [0.2, 0.25) is 0 Å². The number of anilines is 1. The van der Waals surface area contributed by atoms with E-state index in [1.165, 1.54) is 0 Å². The van der Waals surface area contributed by atoms with E-state index < -0.39 is 5.60 Å². The second kappa shape index (κ2) is 6.20. The van der Waals surface area contributed by atoms with Gasteiger partial charge in [0.15, 0.2) is 11.6 Å². The predicted molar refractivity (Wildman–Crippen MR) is 88.2 cm³/mol. The molecular weight excluding hydrogens is 326 g/mol. The molecule has 4 heterocycles. The number of ether oxygens (including phenoxy) is 2. The van der Waals surface area contributed by atoms with Crippen molar-refractivity contribution in [3.8, 4) is 11.3 Å². The number of nitrogens with one attached hydrogen (secondary N) is 1. The minimum atomic E-state index is -0.391. The lowest BCUT2D eigenvalue weighted by Gasteiger charge is -2.42. The summed E-state index contributed by atoms with van der Waals surface area (Å²) in [5, 5.41) is 6.72. The summed E-state index contributed by atoms with van der Waals surface area (Å²) in [4.78, 5) is 14.4. The summed E-state index contributed by atoms with van der Waals surface area (Å²) in [7, 11) is 0. The molecule has 2 aliphatic rings. The van der Waals surface area contributed by atoms with Crippen molar-refractivity contribution in [1.82, 2.24) is 10.1 Å². The van der Waals surface area contributed by atoms with E-state index >= 15 is 0 Å². The number of aromatic nitrogens is 1. The van der Waals surface area contributed by atoms with E-state index in [4.69, 9.17) is 18.4 Å². The Balaban J connectivity index is 1.45. The molecule has 2 aliphatic heterocycles. The molecule has 2 saturated heterocycles.